The van der Waals surface area contributed by atoms with Gasteiger partial charge in [-0.15, -0.1) is 11.3 Å². The molecule has 4 heteroatoms. The third-order valence-corrected chi connectivity index (χ3v) is 5.96. The van der Waals surface area contributed by atoms with E-state index in [9.17, 15) is 0 Å². The highest BCUT2D eigenvalue weighted by Crippen LogP contribution is 2.29. The maximum Gasteiger partial charge on any atom is 0.0675 e. The third-order valence-electron chi connectivity index (χ3n) is 4.57. The van der Waals surface area contributed by atoms with Crippen molar-refractivity contribution in [2.24, 2.45) is 4.99 Å². The topological polar surface area (TPSA) is 15.6 Å². The van der Waals surface area contributed by atoms with E-state index in [1.54, 1.807) is 11.3 Å². The SMILES string of the molecule is CCN(CC)CCCN=c1cc(-c2ccccc2)sc2ccc(Cl)cc12. The summed E-state index contributed by atoms with van der Waals surface area (Å²) < 4.78 is 1.22. The molecule has 3 aromatic rings. The zero-order valence-corrected chi connectivity index (χ0v) is 17.0. The summed E-state index contributed by atoms with van der Waals surface area (Å²) in [4.78, 5) is 8.60. The minimum atomic E-state index is 0.761. The molecule has 0 saturated carbocycles. The number of hydrogen-bond donors (Lipinski definition) is 0. The van der Waals surface area contributed by atoms with Crippen LogP contribution >= 0.6 is 22.9 Å². The molecule has 0 radical (unpaired) electrons. The van der Waals surface area contributed by atoms with Gasteiger partial charge in [-0.2, -0.15) is 0 Å². The first-order valence-corrected chi connectivity index (χ1v) is 10.4. The smallest absolute Gasteiger partial charge is 0.0675 e. The van der Waals surface area contributed by atoms with Gasteiger partial charge in [0.15, 0.2) is 0 Å². The molecule has 0 saturated heterocycles. The van der Waals surface area contributed by atoms with E-state index in [1.807, 2.05) is 18.2 Å². The van der Waals surface area contributed by atoms with Crippen LogP contribution in [0.5, 0.6) is 0 Å². The highest BCUT2D eigenvalue weighted by molar-refractivity contribution is 7.21. The molecule has 136 valence electrons. The number of benzene rings is 2. The monoisotopic (exact) mass is 384 g/mol. The van der Waals surface area contributed by atoms with Crippen LogP contribution in [0.1, 0.15) is 20.3 Å². The van der Waals surface area contributed by atoms with Crippen molar-refractivity contribution in [3.63, 3.8) is 0 Å². The van der Waals surface area contributed by atoms with Crippen LogP contribution in [0.4, 0.5) is 0 Å². The molecule has 1 heterocycles. The van der Waals surface area contributed by atoms with Gasteiger partial charge in [-0.25, -0.2) is 0 Å². The van der Waals surface area contributed by atoms with E-state index in [2.05, 4.69) is 55.1 Å². The van der Waals surface area contributed by atoms with Gasteiger partial charge in [0, 0.05) is 26.5 Å². The summed E-state index contributed by atoms with van der Waals surface area (Å²) >= 11 is 8.03. The van der Waals surface area contributed by atoms with E-state index in [-0.39, 0.29) is 0 Å². The van der Waals surface area contributed by atoms with Gasteiger partial charge in [-0.1, -0.05) is 55.8 Å². The first-order valence-electron chi connectivity index (χ1n) is 9.23. The van der Waals surface area contributed by atoms with E-state index < -0.39 is 0 Å². The van der Waals surface area contributed by atoms with Crippen LogP contribution in [0.25, 0.3) is 20.5 Å². The summed E-state index contributed by atoms with van der Waals surface area (Å²) in [6.45, 7) is 8.54. The van der Waals surface area contributed by atoms with Crippen molar-refractivity contribution in [2.75, 3.05) is 26.2 Å². The third kappa shape index (κ3) is 4.73. The van der Waals surface area contributed by atoms with Crippen molar-refractivity contribution in [1.82, 2.24) is 4.90 Å². The molecule has 0 spiro atoms. The van der Waals surface area contributed by atoms with Crippen molar-refractivity contribution in [3.8, 4) is 10.4 Å². The maximum atomic E-state index is 6.24. The van der Waals surface area contributed by atoms with E-state index in [4.69, 9.17) is 16.6 Å². The summed E-state index contributed by atoms with van der Waals surface area (Å²) in [6.07, 6.45) is 1.07. The Kier molecular flexibility index (Phi) is 6.84. The Morgan fingerprint density at radius 3 is 2.50 bits per heavy atom. The molecule has 0 N–H and O–H groups in total. The molecule has 0 bridgehead atoms. The zero-order valence-electron chi connectivity index (χ0n) is 15.4. The van der Waals surface area contributed by atoms with Gasteiger partial charge in [0.05, 0.1) is 5.36 Å². The highest BCUT2D eigenvalue weighted by atomic mass is 35.5. The summed E-state index contributed by atoms with van der Waals surface area (Å²) in [5, 5.41) is 2.95. The van der Waals surface area contributed by atoms with Gasteiger partial charge in [0.1, 0.15) is 0 Å². The van der Waals surface area contributed by atoms with E-state index in [1.165, 1.54) is 15.1 Å². The second kappa shape index (κ2) is 9.31. The number of halogens is 1. The lowest BCUT2D eigenvalue weighted by atomic mass is 10.1. The predicted molar refractivity (Wildman–Crippen MR) is 115 cm³/mol. The molecule has 0 amide bonds. The Hall–Kier alpha value is -1.68. The molecule has 2 aromatic carbocycles. The normalized spacial score (nSPS) is 12.2. The van der Waals surface area contributed by atoms with Gasteiger partial charge in [0.25, 0.3) is 0 Å². The second-order valence-corrected chi connectivity index (χ2v) is 7.78. The number of fused-ring (bicyclic) bond motifs is 1. The average Bonchev–Trinajstić information content (AvgIpc) is 2.68. The summed E-state index contributed by atoms with van der Waals surface area (Å²) in [6, 6.07) is 18.8. The van der Waals surface area contributed by atoms with Gasteiger partial charge in [-0.3, -0.25) is 4.99 Å². The number of hydrogen-bond acceptors (Lipinski definition) is 3. The second-order valence-electron chi connectivity index (χ2n) is 6.26. The quantitative estimate of drug-likeness (QED) is 0.466. The van der Waals surface area contributed by atoms with Crippen molar-refractivity contribution in [1.29, 1.82) is 0 Å². The predicted octanol–water partition coefficient (Wildman–Crippen LogP) is 5.85. The van der Waals surface area contributed by atoms with E-state index >= 15 is 0 Å². The minimum Gasteiger partial charge on any atom is -0.304 e. The summed E-state index contributed by atoms with van der Waals surface area (Å²) in [5.74, 6) is 0. The highest BCUT2D eigenvalue weighted by Gasteiger charge is 2.05. The Balaban J connectivity index is 1.96. The Morgan fingerprint density at radius 2 is 1.77 bits per heavy atom. The molecule has 3 rings (SSSR count). The Labute approximate surface area is 164 Å². The van der Waals surface area contributed by atoms with Crippen molar-refractivity contribution in [2.45, 2.75) is 20.3 Å². The fourth-order valence-electron chi connectivity index (χ4n) is 3.05. The minimum absolute atomic E-state index is 0.761. The Bertz CT molecular complexity index is 914. The molecule has 0 aliphatic carbocycles. The standard InChI is InChI=1S/C22H25ClN2S/c1-3-25(4-2)14-8-13-24-20-16-22(17-9-6-5-7-10-17)26-21-12-11-18(23)15-19(20)21/h5-7,9-12,15-16H,3-4,8,13-14H2,1-2H3. The first kappa shape index (κ1) is 19.1. The van der Waals surface area contributed by atoms with Crippen LogP contribution in [0.2, 0.25) is 5.02 Å². The van der Waals surface area contributed by atoms with Gasteiger partial charge >= 0.3 is 0 Å². The summed E-state index contributed by atoms with van der Waals surface area (Å²) in [5.41, 5.74) is 1.23. The maximum absolute atomic E-state index is 6.24. The van der Waals surface area contributed by atoms with Gasteiger partial charge in [0.2, 0.25) is 0 Å². The fraction of sp³-hybridized carbons (Fsp3) is 0.318. The van der Waals surface area contributed by atoms with Crippen LogP contribution in [-0.4, -0.2) is 31.1 Å². The first-order chi connectivity index (χ1) is 12.7. The van der Waals surface area contributed by atoms with E-state index in [0.717, 1.165) is 48.4 Å². The van der Waals surface area contributed by atoms with E-state index in [0.29, 0.717) is 0 Å². The molecule has 0 aliphatic rings. The molecule has 0 fully saturated rings. The number of nitrogens with zero attached hydrogens (tertiary/aromatic N) is 2. The van der Waals surface area contributed by atoms with Crippen LogP contribution in [0.15, 0.2) is 59.6 Å². The van der Waals surface area contributed by atoms with Crippen molar-refractivity contribution < 1.29 is 0 Å². The molecule has 0 atom stereocenters. The number of rotatable bonds is 7. The van der Waals surface area contributed by atoms with Crippen LogP contribution in [-0.2, 0) is 0 Å². The van der Waals surface area contributed by atoms with Crippen molar-refractivity contribution in [3.05, 3.63) is 65.0 Å². The molecule has 0 aliphatic heterocycles. The molecule has 26 heavy (non-hydrogen) atoms. The fourth-order valence-corrected chi connectivity index (χ4v) is 4.29. The van der Waals surface area contributed by atoms with Crippen LogP contribution < -0.4 is 5.36 Å². The Morgan fingerprint density at radius 1 is 1.00 bits per heavy atom. The lowest BCUT2D eigenvalue weighted by molar-refractivity contribution is 0.301. The largest absolute Gasteiger partial charge is 0.304 e. The van der Waals surface area contributed by atoms with Crippen molar-refractivity contribution >= 4 is 33.0 Å². The zero-order chi connectivity index (χ0) is 18.4. The average molecular weight is 385 g/mol. The molecular formula is C22H25ClN2S. The molecule has 2 nitrogen and oxygen atoms in total. The molecule has 0 unspecified atom stereocenters. The lowest BCUT2D eigenvalue weighted by Gasteiger charge is -2.16. The molecule has 1 aromatic heterocycles. The van der Waals surface area contributed by atoms with Gasteiger partial charge < -0.3 is 4.90 Å². The lowest BCUT2D eigenvalue weighted by Crippen LogP contribution is -2.24. The van der Waals surface area contributed by atoms with Crippen LogP contribution in [0, 0.1) is 0 Å². The van der Waals surface area contributed by atoms with Crippen LogP contribution in [0.3, 0.4) is 0 Å². The summed E-state index contributed by atoms with van der Waals surface area (Å²) in [7, 11) is 0. The van der Waals surface area contributed by atoms with Gasteiger partial charge in [-0.05, 0) is 55.9 Å². The molecular weight excluding hydrogens is 360 g/mol.